The number of nitrogens with two attached hydrogens (primary N) is 1. The minimum absolute atomic E-state index is 0. The van der Waals surface area contributed by atoms with Gasteiger partial charge in [-0.15, -0.1) is 35.3 Å². The number of anilines is 1. The van der Waals surface area contributed by atoms with Crippen LogP contribution >= 0.6 is 35.3 Å². The van der Waals surface area contributed by atoms with Gasteiger partial charge in [0.2, 0.25) is 0 Å². The number of rotatable bonds is 5. The molecular formula is C15H20IN3S. The maximum Gasteiger partial charge on any atom is 0.193 e. The van der Waals surface area contributed by atoms with Crippen molar-refractivity contribution in [1.82, 2.24) is 0 Å². The van der Waals surface area contributed by atoms with Crippen LogP contribution in [0.4, 0.5) is 5.69 Å². The van der Waals surface area contributed by atoms with Crippen molar-refractivity contribution >= 4 is 47.0 Å². The molecule has 1 heterocycles. The third kappa shape index (κ3) is 5.50. The molecule has 20 heavy (non-hydrogen) atoms. The first kappa shape index (κ1) is 17.0. The van der Waals surface area contributed by atoms with Crippen molar-refractivity contribution in [2.75, 3.05) is 11.9 Å². The first-order valence-electron chi connectivity index (χ1n) is 6.46. The fraction of sp³-hybridized carbons (Fsp3) is 0.267. The molecule has 3 N–H and O–H groups in total. The molecular weight excluding hydrogens is 381 g/mol. The Morgan fingerprint density at radius 2 is 2.00 bits per heavy atom. The van der Waals surface area contributed by atoms with Crippen LogP contribution in [0.5, 0.6) is 0 Å². The van der Waals surface area contributed by atoms with Crippen molar-refractivity contribution < 1.29 is 0 Å². The molecule has 0 bridgehead atoms. The van der Waals surface area contributed by atoms with Gasteiger partial charge < -0.3 is 11.1 Å². The molecule has 0 aliphatic rings. The highest BCUT2D eigenvalue weighted by Gasteiger charge is 1.96. The second-order valence-electron chi connectivity index (χ2n) is 4.27. The Morgan fingerprint density at radius 1 is 1.25 bits per heavy atom. The molecule has 1 aromatic carbocycles. The monoisotopic (exact) mass is 401 g/mol. The number of nitrogens with zero attached hydrogens (tertiary/aromatic N) is 1. The molecule has 1 aromatic heterocycles. The summed E-state index contributed by atoms with van der Waals surface area (Å²) in [5.41, 5.74) is 8.16. The largest absolute Gasteiger partial charge is 0.370 e. The second-order valence-corrected chi connectivity index (χ2v) is 5.30. The van der Waals surface area contributed by atoms with E-state index in [0.717, 1.165) is 18.5 Å². The minimum atomic E-state index is 0. The van der Waals surface area contributed by atoms with E-state index in [2.05, 4.69) is 46.9 Å². The van der Waals surface area contributed by atoms with E-state index >= 15 is 0 Å². The highest BCUT2D eigenvalue weighted by Crippen LogP contribution is 2.10. The van der Waals surface area contributed by atoms with Crippen molar-refractivity contribution in [3.63, 3.8) is 0 Å². The molecule has 0 atom stereocenters. The Bertz CT molecular complexity index is 521. The van der Waals surface area contributed by atoms with Crippen molar-refractivity contribution in [2.45, 2.75) is 19.8 Å². The lowest BCUT2D eigenvalue weighted by molar-refractivity contribution is 0.983. The summed E-state index contributed by atoms with van der Waals surface area (Å²) in [6.45, 7) is 2.86. The zero-order chi connectivity index (χ0) is 13.5. The van der Waals surface area contributed by atoms with E-state index in [-0.39, 0.29) is 24.0 Å². The number of thiophene rings is 1. The smallest absolute Gasteiger partial charge is 0.193 e. The fourth-order valence-corrected chi connectivity index (χ4v) is 2.45. The van der Waals surface area contributed by atoms with Gasteiger partial charge in [-0.25, -0.2) is 0 Å². The Labute approximate surface area is 141 Å². The fourth-order valence-electron chi connectivity index (χ4n) is 1.75. The van der Waals surface area contributed by atoms with Gasteiger partial charge in [0, 0.05) is 23.5 Å². The van der Waals surface area contributed by atoms with E-state index in [4.69, 9.17) is 5.73 Å². The average molecular weight is 401 g/mol. The molecule has 0 saturated carbocycles. The van der Waals surface area contributed by atoms with E-state index in [0.29, 0.717) is 12.5 Å². The van der Waals surface area contributed by atoms with Gasteiger partial charge in [-0.1, -0.05) is 25.1 Å². The molecule has 108 valence electrons. The Kier molecular flexibility index (Phi) is 7.61. The predicted octanol–water partition coefficient (Wildman–Crippen LogP) is 3.90. The summed E-state index contributed by atoms with van der Waals surface area (Å²) in [7, 11) is 0. The molecule has 0 amide bonds. The Hall–Kier alpha value is -1.08. The van der Waals surface area contributed by atoms with Crippen LogP contribution in [0.2, 0.25) is 0 Å². The lowest BCUT2D eigenvalue weighted by Gasteiger charge is -2.06. The number of hydrogen-bond donors (Lipinski definition) is 2. The van der Waals surface area contributed by atoms with Crippen LogP contribution < -0.4 is 11.1 Å². The number of halogens is 1. The average Bonchev–Trinajstić information content (AvgIpc) is 2.93. The molecule has 0 aliphatic heterocycles. The highest BCUT2D eigenvalue weighted by atomic mass is 127. The lowest BCUT2D eigenvalue weighted by atomic mass is 10.1. The standard InChI is InChI=1S/C15H19N3S.HI/c1-2-12-5-7-13(8-6-12)18-15(16)17-10-9-14-4-3-11-19-14;/h3-8,11H,2,9-10H2,1H3,(H3,16,17,18);1H. The van der Waals surface area contributed by atoms with Crippen molar-refractivity contribution in [3.8, 4) is 0 Å². The van der Waals surface area contributed by atoms with E-state index in [9.17, 15) is 0 Å². The molecule has 5 heteroatoms. The molecule has 0 radical (unpaired) electrons. The zero-order valence-electron chi connectivity index (χ0n) is 11.5. The van der Waals surface area contributed by atoms with Gasteiger partial charge in [-0.3, -0.25) is 4.99 Å². The van der Waals surface area contributed by atoms with Gasteiger partial charge in [0.05, 0.1) is 0 Å². The van der Waals surface area contributed by atoms with Crippen LogP contribution in [0.3, 0.4) is 0 Å². The topological polar surface area (TPSA) is 50.4 Å². The first-order chi connectivity index (χ1) is 9.28. The van der Waals surface area contributed by atoms with Crippen LogP contribution in [-0.4, -0.2) is 12.5 Å². The molecule has 0 unspecified atom stereocenters. The highest BCUT2D eigenvalue weighted by molar-refractivity contribution is 14.0. The van der Waals surface area contributed by atoms with Crippen LogP contribution in [-0.2, 0) is 12.8 Å². The minimum Gasteiger partial charge on any atom is -0.370 e. The van der Waals surface area contributed by atoms with E-state index in [1.165, 1.54) is 10.4 Å². The van der Waals surface area contributed by atoms with Gasteiger partial charge in [0.1, 0.15) is 0 Å². The van der Waals surface area contributed by atoms with Crippen molar-refractivity contribution in [1.29, 1.82) is 0 Å². The SMILES string of the molecule is CCc1ccc(NC(N)=NCCc2cccs2)cc1.I. The van der Waals surface area contributed by atoms with Gasteiger partial charge >= 0.3 is 0 Å². The van der Waals surface area contributed by atoms with Crippen LogP contribution in [0.1, 0.15) is 17.4 Å². The predicted molar refractivity (Wildman–Crippen MR) is 99.4 cm³/mol. The molecule has 2 aromatic rings. The summed E-state index contributed by atoms with van der Waals surface area (Å²) in [5.74, 6) is 0.473. The summed E-state index contributed by atoms with van der Waals surface area (Å²) in [6, 6.07) is 12.4. The Balaban J connectivity index is 0.00000200. The summed E-state index contributed by atoms with van der Waals surface area (Å²) >= 11 is 1.75. The number of benzene rings is 1. The summed E-state index contributed by atoms with van der Waals surface area (Å²) in [5, 5.41) is 5.18. The Morgan fingerprint density at radius 3 is 2.60 bits per heavy atom. The quantitative estimate of drug-likeness (QED) is 0.454. The number of aliphatic imine (C=N–C) groups is 1. The maximum absolute atomic E-state index is 5.86. The third-order valence-electron chi connectivity index (χ3n) is 2.86. The summed E-state index contributed by atoms with van der Waals surface area (Å²) < 4.78 is 0. The van der Waals surface area contributed by atoms with Gasteiger partial charge in [0.15, 0.2) is 5.96 Å². The normalized spacial score (nSPS) is 10.9. The van der Waals surface area contributed by atoms with Crippen molar-refractivity contribution in [2.24, 2.45) is 10.7 Å². The van der Waals surface area contributed by atoms with E-state index in [1.54, 1.807) is 11.3 Å². The molecule has 0 aliphatic carbocycles. The van der Waals surface area contributed by atoms with Gasteiger partial charge in [-0.2, -0.15) is 0 Å². The molecule has 0 fully saturated rings. The van der Waals surface area contributed by atoms with E-state index < -0.39 is 0 Å². The molecule has 2 rings (SSSR count). The van der Waals surface area contributed by atoms with E-state index in [1.807, 2.05) is 12.1 Å². The third-order valence-corrected chi connectivity index (χ3v) is 3.79. The van der Waals surface area contributed by atoms with Crippen LogP contribution in [0, 0.1) is 0 Å². The second kappa shape index (κ2) is 8.97. The summed E-state index contributed by atoms with van der Waals surface area (Å²) in [6.07, 6.45) is 1.99. The maximum atomic E-state index is 5.86. The molecule has 3 nitrogen and oxygen atoms in total. The number of nitrogens with one attached hydrogen (secondary N) is 1. The van der Waals surface area contributed by atoms with Crippen LogP contribution in [0.15, 0.2) is 46.8 Å². The lowest BCUT2D eigenvalue weighted by Crippen LogP contribution is -2.23. The zero-order valence-corrected chi connectivity index (χ0v) is 14.7. The molecule has 0 saturated heterocycles. The first-order valence-corrected chi connectivity index (χ1v) is 7.34. The van der Waals surface area contributed by atoms with Gasteiger partial charge in [-0.05, 0) is 35.6 Å². The number of hydrogen-bond acceptors (Lipinski definition) is 2. The number of aryl methyl sites for hydroxylation is 1. The summed E-state index contributed by atoms with van der Waals surface area (Å²) in [4.78, 5) is 5.66. The van der Waals surface area contributed by atoms with Crippen LogP contribution in [0.25, 0.3) is 0 Å². The number of guanidine groups is 1. The van der Waals surface area contributed by atoms with Crippen molar-refractivity contribution in [3.05, 3.63) is 52.2 Å². The van der Waals surface area contributed by atoms with Gasteiger partial charge in [0.25, 0.3) is 0 Å². The molecule has 0 spiro atoms.